The summed E-state index contributed by atoms with van der Waals surface area (Å²) in [5.74, 6) is 1.54. The van der Waals surface area contributed by atoms with Crippen molar-refractivity contribution in [2.24, 2.45) is 0 Å². The summed E-state index contributed by atoms with van der Waals surface area (Å²) >= 11 is 0. The Morgan fingerprint density at radius 3 is 3.10 bits per heavy atom. The SMILES string of the molecule is COc1ccc2ccnc(NCC3(O)CCOC3)c2c1. The van der Waals surface area contributed by atoms with Crippen molar-refractivity contribution >= 4 is 16.6 Å². The van der Waals surface area contributed by atoms with E-state index in [0.717, 1.165) is 22.3 Å². The van der Waals surface area contributed by atoms with Crippen LogP contribution in [0, 0.1) is 0 Å². The number of fused-ring (bicyclic) bond motifs is 1. The van der Waals surface area contributed by atoms with Crippen LogP contribution in [0.1, 0.15) is 6.42 Å². The number of pyridine rings is 1. The number of nitrogens with one attached hydrogen (secondary N) is 1. The minimum atomic E-state index is -0.803. The first-order chi connectivity index (χ1) is 9.70. The Labute approximate surface area is 117 Å². The number of rotatable bonds is 4. The van der Waals surface area contributed by atoms with E-state index < -0.39 is 5.60 Å². The molecule has 0 bridgehead atoms. The highest BCUT2D eigenvalue weighted by Crippen LogP contribution is 2.27. The Morgan fingerprint density at radius 1 is 1.45 bits per heavy atom. The molecule has 0 amide bonds. The van der Waals surface area contributed by atoms with Gasteiger partial charge >= 0.3 is 0 Å². The maximum Gasteiger partial charge on any atom is 0.134 e. The first-order valence-corrected chi connectivity index (χ1v) is 6.67. The number of ether oxygens (including phenoxy) is 2. The van der Waals surface area contributed by atoms with Crippen molar-refractivity contribution in [1.82, 2.24) is 4.98 Å². The normalized spacial score (nSPS) is 22.1. The second kappa shape index (κ2) is 5.26. The van der Waals surface area contributed by atoms with Crippen molar-refractivity contribution in [1.29, 1.82) is 0 Å². The summed E-state index contributed by atoms with van der Waals surface area (Å²) in [6.45, 7) is 1.40. The zero-order chi connectivity index (χ0) is 14.0. The van der Waals surface area contributed by atoms with Gasteiger partial charge in [0, 0.05) is 31.2 Å². The summed E-state index contributed by atoms with van der Waals surface area (Å²) in [5.41, 5.74) is -0.803. The fraction of sp³-hybridized carbons (Fsp3) is 0.400. The van der Waals surface area contributed by atoms with Gasteiger partial charge < -0.3 is 19.9 Å². The van der Waals surface area contributed by atoms with Crippen LogP contribution in [0.3, 0.4) is 0 Å². The summed E-state index contributed by atoms with van der Waals surface area (Å²) < 4.78 is 10.5. The summed E-state index contributed by atoms with van der Waals surface area (Å²) in [5, 5.41) is 15.6. The largest absolute Gasteiger partial charge is 0.497 e. The zero-order valence-electron chi connectivity index (χ0n) is 11.4. The zero-order valence-corrected chi connectivity index (χ0v) is 11.4. The van der Waals surface area contributed by atoms with Crippen molar-refractivity contribution < 1.29 is 14.6 Å². The molecule has 0 saturated carbocycles. The Morgan fingerprint density at radius 2 is 2.35 bits per heavy atom. The number of nitrogens with zero attached hydrogens (tertiary/aromatic N) is 1. The van der Waals surface area contributed by atoms with E-state index in [-0.39, 0.29) is 0 Å². The van der Waals surface area contributed by atoms with Gasteiger partial charge in [-0.1, -0.05) is 6.07 Å². The van der Waals surface area contributed by atoms with Gasteiger partial charge in [0.25, 0.3) is 0 Å². The number of aromatic nitrogens is 1. The lowest BCUT2D eigenvalue weighted by Gasteiger charge is -2.21. The molecule has 1 aliphatic heterocycles. The van der Waals surface area contributed by atoms with Crippen molar-refractivity contribution in [3.63, 3.8) is 0 Å². The molecule has 1 saturated heterocycles. The minimum absolute atomic E-state index is 0.369. The molecule has 2 N–H and O–H groups in total. The number of anilines is 1. The number of methoxy groups -OCH3 is 1. The van der Waals surface area contributed by atoms with Crippen LogP contribution in [0.5, 0.6) is 5.75 Å². The first kappa shape index (κ1) is 13.1. The maximum absolute atomic E-state index is 10.3. The molecule has 106 valence electrons. The van der Waals surface area contributed by atoms with Crippen molar-refractivity contribution in [3.05, 3.63) is 30.5 Å². The topological polar surface area (TPSA) is 63.6 Å². The van der Waals surface area contributed by atoms with E-state index in [9.17, 15) is 5.11 Å². The highest BCUT2D eigenvalue weighted by molar-refractivity contribution is 5.92. The molecule has 1 fully saturated rings. The lowest BCUT2D eigenvalue weighted by Crippen LogP contribution is -2.37. The van der Waals surface area contributed by atoms with Gasteiger partial charge in [-0.25, -0.2) is 4.98 Å². The van der Waals surface area contributed by atoms with Gasteiger partial charge in [-0.3, -0.25) is 0 Å². The summed E-state index contributed by atoms with van der Waals surface area (Å²) in [6, 6.07) is 7.81. The molecule has 1 aromatic heterocycles. The van der Waals surface area contributed by atoms with E-state index in [1.165, 1.54) is 0 Å². The summed E-state index contributed by atoms with van der Waals surface area (Å²) in [4.78, 5) is 4.36. The van der Waals surface area contributed by atoms with Gasteiger partial charge in [-0.05, 0) is 23.6 Å². The molecule has 1 atom stereocenters. The molecule has 3 rings (SSSR count). The Kier molecular flexibility index (Phi) is 3.46. The number of benzene rings is 1. The molecule has 2 aromatic rings. The average Bonchev–Trinajstić information content (AvgIpc) is 2.91. The van der Waals surface area contributed by atoms with E-state index >= 15 is 0 Å². The van der Waals surface area contributed by atoms with Crippen LogP contribution >= 0.6 is 0 Å². The van der Waals surface area contributed by atoms with Crippen molar-refractivity contribution in [2.45, 2.75) is 12.0 Å². The van der Waals surface area contributed by atoms with E-state index in [0.29, 0.717) is 26.2 Å². The third-order valence-corrected chi connectivity index (χ3v) is 3.64. The molecular weight excluding hydrogens is 256 g/mol. The molecule has 0 aliphatic carbocycles. The maximum atomic E-state index is 10.3. The van der Waals surface area contributed by atoms with Crippen LogP contribution in [0.2, 0.25) is 0 Å². The molecule has 5 heteroatoms. The molecule has 0 radical (unpaired) electrons. The Hall–Kier alpha value is -1.85. The monoisotopic (exact) mass is 274 g/mol. The quantitative estimate of drug-likeness (QED) is 0.890. The molecule has 0 spiro atoms. The molecule has 1 unspecified atom stereocenters. The van der Waals surface area contributed by atoms with E-state index in [4.69, 9.17) is 9.47 Å². The van der Waals surface area contributed by atoms with Gasteiger partial charge in [0.1, 0.15) is 17.2 Å². The molecule has 20 heavy (non-hydrogen) atoms. The molecule has 1 aliphatic rings. The first-order valence-electron chi connectivity index (χ1n) is 6.67. The second-order valence-electron chi connectivity index (χ2n) is 5.13. The number of hydrogen-bond donors (Lipinski definition) is 2. The van der Waals surface area contributed by atoms with E-state index in [1.807, 2.05) is 24.3 Å². The van der Waals surface area contributed by atoms with E-state index in [1.54, 1.807) is 13.3 Å². The lowest BCUT2D eigenvalue weighted by molar-refractivity contribution is 0.0381. The van der Waals surface area contributed by atoms with Crippen LogP contribution in [-0.2, 0) is 4.74 Å². The van der Waals surface area contributed by atoms with Crippen molar-refractivity contribution in [2.75, 3.05) is 32.2 Å². The molecule has 5 nitrogen and oxygen atoms in total. The van der Waals surface area contributed by atoms with Gasteiger partial charge in [-0.15, -0.1) is 0 Å². The van der Waals surface area contributed by atoms with Gasteiger partial charge in [0.15, 0.2) is 0 Å². The molecule has 2 heterocycles. The highest BCUT2D eigenvalue weighted by atomic mass is 16.5. The molecule has 1 aromatic carbocycles. The fourth-order valence-corrected chi connectivity index (χ4v) is 2.40. The van der Waals surface area contributed by atoms with Crippen LogP contribution < -0.4 is 10.1 Å². The fourth-order valence-electron chi connectivity index (χ4n) is 2.40. The highest BCUT2D eigenvalue weighted by Gasteiger charge is 2.32. The third-order valence-electron chi connectivity index (χ3n) is 3.64. The average molecular weight is 274 g/mol. The van der Waals surface area contributed by atoms with Gasteiger partial charge in [-0.2, -0.15) is 0 Å². The summed E-state index contributed by atoms with van der Waals surface area (Å²) in [7, 11) is 1.64. The van der Waals surface area contributed by atoms with Gasteiger partial charge in [0.2, 0.25) is 0 Å². The smallest absolute Gasteiger partial charge is 0.134 e. The predicted molar refractivity (Wildman–Crippen MR) is 77.2 cm³/mol. The van der Waals surface area contributed by atoms with Gasteiger partial charge in [0.05, 0.1) is 13.7 Å². The van der Waals surface area contributed by atoms with Crippen LogP contribution in [0.15, 0.2) is 30.5 Å². The summed E-state index contributed by atoms with van der Waals surface area (Å²) in [6.07, 6.45) is 2.40. The van der Waals surface area contributed by atoms with Crippen molar-refractivity contribution in [3.8, 4) is 5.75 Å². The minimum Gasteiger partial charge on any atom is -0.497 e. The number of aliphatic hydroxyl groups is 1. The Balaban J connectivity index is 1.86. The molecular formula is C15H18N2O3. The van der Waals surface area contributed by atoms with E-state index in [2.05, 4.69) is 10.3 Å². The lowest BCUT2D eigenvalue weighted by atomic mass is 10.0. The van der Waals surface area contributed by atoms with Crippen LogP contribution in [-0.4, -0.2) is 42.6 Å². The third kappa shape index (κ3) is 2.55. The number of hydrogen-bond acceptors (Lipinski definition) is 5. The standard InChI is InChI=1S/C15H18N2O3/c1-19-12-3-2-11-4-6-16-14(13(11)8-12)17-9-15(18)5-7-20-10-15/h2-4,6,8,18H,5,7,9-10H2,1H3,(H,16,17). The second-order valence-corrected chi connectivity index (χ2v) is 5.13. The van der Waals surface area contributed by atoms with Crippen LogP contribution in [0.25, 0.3) is 10.8 Å². The predicted octanol–water partition coefficient (Wildman–Crippen LogP) is 1.81. The Bertz CT molecular complexity index is 609. The van der Waals surface area contributed by atoms with Crippen LogP contribution in [0.4, 0.5) is 5.82 Å².